The highest BCUT2D eigenvalue weighted by molar-refractivity contribution is 5.74. The van der Waals surface area contributed by atoms with E-state index in [9.17, 15) is 9.90 Å². The minimum atomic E-state index is -1.54. The Morgan fingerprint density at radius 2 is 2.11 bits per heavy atom. The summed E-state index contributed by atoms with van der Waals surface area (Å²) in [7, 11) is 0. The number of carboxylic acid groups (broad SMARTS) is 1. The molecule has 0 spiro atoms. The summed E-state index contributed by atoms with van der Waals surface area (Å²) in [6, 6.07) is 7.69. The quantitative estimate of drug-likeness (QED) is 0.432. The first-order valence-electron chi connectivity index (χ1n) is 5.22. The first kappa shape index (κ1) is 14.0. The monoisotopic (exact) mass is 251 g/mol. The van der Waals surface area contributed by atoms with Gasteiger partial charge in [0, 0.05) is 4.91 Å². The Labute approximate surface area is 103 Å². The molecule has 0 fully saturated rings. The number of azide groups is 1. The van der Waals surface area contributed by atoms with Gasteiger partial charge in [0.25, 0.3) is 0 Å². The second-order valence-electron chi connectivity index (χ2n) is 3.56. The van der Waals surface area contributed by atoms with Gasteiger partial charge in [-0.15, -0.1) is 0 Å². The normalized spacial score (nSPS) is 13.4. The Hall–Kier alpha value is -2.08. The summed E-state index contributed by atoms with van der Waals surface area (Å²) in [6.07, 6.45) is -1.37. The van der Waals surface area contributed by atoms with Crippen molar-refractivity contribution in [2.24, 2.45) is 5.11 Å². The second kappa shape index (κ2) is 7.29. The van der Waals surface area contributed by atoms with Gasteiger partial charge in [-0.05, 0) is 11.1 Å². The first-order valence-corrected chi connectivity index (χ1v) is 5.22. The van der Waals surface area contributed by atoms with Gasteiger partial charge in [-0.25, -0.2) is 0 Å². The minimum Gasteiger partial charge on any atom is -0.481 e. The van der Waals surface area contributed by atoms with Crippen LogP contribution in [-0.2, 0) is 16.1 Å². The van der Waals surface area contributed by atoms with Gasteiger partial charge < -0.3 is 14.9 Å². The molecule has 96 valence electrons. The predicted octanol–water partition coefficient (Wildman–Crippen LogP) is 1.33. The summed E-state index contributed by atoms with van der Waals surface area (Å²) < 4.78 is 5.16. The van der Waals surface area contributed by atoms with Crippen LogP contribution in [0.3, 0.4) is 0 Å². The minimum absolute atomic E-state index is 0.217. The molecule has 2 atom stereocenters. The van der Waals surface area contributed by atoms with Crippen LogP contribution in [-0.4, -0.2) is 34.9 Å². The molecule has 18 heavy (non-hydrogen) atoms. The molecule has 0 aromatic heterocycles. The fourth-order valence-electron chi connectivity index (χ4n) is 1.31. The van der Waals surface area contributed by atoms with Crippen LogP contribution in [0.2, 0.25) is 0 Å². The van der Waals surface area contributed by atoms with Crippen molar-refractivity contribution >= 4 is 5.97 Å². The summed E-state index contributed by atoms with van der Waals surface area (Å²) >= 11 is 0. The van der Waals surface area contributed by atoms with E-state index in [2.05, 4.69) is 10.0 Å². The topological polar surface area (TPSA) is 116 Å². The number of hydrogen-bond donors (Lipinski definition) is 2. The standard InChI is InChI=1S/C11H13N3O4/c12-14-13-10(11(16)17)9(15)7-18-6-8-4-2-1-3-5-8/h1-5,9-10,15H,6-7H2,(H,16,17)/t9-,10-/m1/s1. The van der Waals surface area contributed by atoms with Crippen LogP contribution in [0, 0.1) is 0 Å². The largest absolute Gasteiger partial charge is 0.481 e. The Kier molecular flexibility index (Phi) is 5.66. The predicted molar refractivity (Wildman–Crippen MR) is 62.7 cm³/mol. The van der Waals surface area contributed by atoms with Crippen molar-refractivity contribution in [3.8, 4) is 0 Å². The number of carbonyl (C=O) groups is 1. The van der Waals surface area contributed by atoms with Crippen LogP contribution in [0.25, 0.3) is 10.4 Å². The molecule has 1 aromatic rings. The van der Waals surface area contributed by atoms with Gasteiger partial charge in [0.1, 0.15) is 0 Å². The average molecular weight is 251 g/mol. The Morgan fingerprint density at radius 3 is 2.67 bits per heavy atom. The molecule has 1 rings (SSSR count). The maximum atomic E-state index is 10.7. The zero-order valence-corrected chi connectivity index (χ0v) is 9.51. The van der Waals surface area contributed by atoms with Crippen molar-refractivity contribution in [3.05, 3.63) is 46.3 Å². The summed E-state index contributed by atoms with van der Waals surface area (Å²) in [5.41, 5.74) is 9.08. The molecule has 1 aromatic carbocycles. The maximum Gasteiger partial charge on any atom is 0.315 e. The highest BCUT2D eigenvalue weighted by atomic mass is 16.5. The number of carboxylic acids is 1. The van der Waals surface area contributed by atoms with E-state index in [-0.39, 0.29) is 13.2 Å². The van der Waals surface area contributed by atoms with E-state index in [4.69, 9.17) is 15.4 Å². The highest BCUT2D eigenvalue weighted by Gasteiger charge is 2.25. The van der Waals surface area contributed by atoms with Crippen LogP contribution in [0.5, 0.6) is 0 Å². The lowest BCUT2D eigenvalue weighted by molar-refractivity contribution is -0.142. The average Bonchev–Trinajstić information content (AvgIpc) is 2.36. The number of nitrogens with zero attached hydrogens (tertiary/aromatic N) is 3. The van der Waals surface area contributed by atoms with Crippen molar-refractivity contribution in [2.75, 3.05) is 6.61 Å². The Balaban J connectivity index is 2.42. The number of ether oxygens (including phenoxy) is 1. The lowest BCUT2D eigenvalue weighted by Gasteiger charge is -2.14. The molecule has 7 nitrogen and oxygen atoms in total. The number of aliphatic hydroxyl groups excluding tert-OH is 1. The Bertz CT molecular complexity index is 429. The number of aliphatic carboxylic acids is 1. The van der Waals surface area contributed by atoms with E-state index < -0.39 is 18.1 Å². The van der Waals surface area contributed by atoms with E-state index in [1.165, 1.54) is 0 Å². The van der Waals surface area contributed by atoms with Gasteiger partial charge in [-0.1, -0.05) is 35.4 Å². The smallest absolute Gasteiger partial charge is 0.315 e. The molecule has 0 aliphatic rings. The van der Waals surface area contributed by atoms with Gasteiger partial charge in [0.2, 0.25) is 0 Å². The molecule has 0 bridgehead atoms. The molecule has 0 saturated heterocycles. The van der Waals surface area contributed by atoms with Crippen molar-refractivity contribution in [1.29, 1.82) is 0 Å². The molecule has 0 aliphatic heterocycles. The number of aliphatic hydroxyl groups is 1. The lowest BCUT2D eigenvalue weighted by atomic mass is 10.2. The lowest BCUT2D eigenvalue weighted by Crippen LogP contribution is -2.35. The van der Waals surface area contributed by atoms with Crippen LogP contribution >= 0.6 is 0 Å². The molecular formula is C11H13N3O4. The molecule has 0 heterocycles. The molecular weight excluding hydrogens is 238 g/mol. The van der Waals surface area contributed by atoms with E-state index in [0.29, 0.717) is 0 Å². The third-order valence-corrected chi connectivity index (χ3v) is 2.19. The van der Waals surface area contributed by atoms with Gasteiger partial charge in [0.05, 0.1) is 19.3 Å². The fourth-order valence-corrected chi connectivity index (χ4v) is 1.31. The Morgan fingerprint density at radius 1 is 1.44 bits per heavy atom. The second-order valence-corrected chi connectivity index (χ2v) is 3.56. The van der Waals surface area contributed by atoms with Crippen molar-refractivity contribution in [3.63, 3.8) is 0 Å². The molecule has 0 saturated carbocycles. The van der Waals surface area contributed by atoms with Crippen molar-refractivity contribution in [1.82, 2.24) is 0 Å². The summed E-state index contributed by atoms with van der Waals surface area (Å²) in [4.78, 5) is 13.1. The van der Waals surface area contributed by atoms with E-state index >= 15 is 0 Å². The number of hydrogen-bond acceptors (Lipinski definition) is 4. The van der Waals surface area contributed by atoms with Gasteiger partial charge in [0.15, 0.2) is 6.04 Å². The molecule has 0 unspecified atom stereocenters. The van der Waals surface area contributed by atoms with Crippen LogP contribution in [0.1, 0.15) is 5.56 Å². The number of benzene rings is 1. The van der Waals surface area contributed by atoms with E-state index in [1.807, 2.05) is 30.3 Å². The van der Waals surface area contributed by atoms with Crippen molar-refractivity contribution < 1.29 is 19.7 Å². The van der Waals surface area contributed by atoms with Gasteiger partial charge in [-0.3, -0.25) is 4.79 Å². The van der Waals surface area contributed by atoms with Gasteiger partial charge in [-0.2, -0.15) is 0 Å². The van der Waals surface area contributed by atoms with E-state index in [1.54, 1.807) is 0 Å². The summed E-state index contributed by atoms with van der Waals surface area (Å²) in [5, 5.41) is 21.2. The molecule has 2 N–H and O–H groups in total. The summed E-state index contributed by atoms with van der Waals surface area (Å²) in [5.74, 6) is -1.39. The third kappa shape index (κ3) is 4.42. The van der Waals surface area contributed by atoms with Crippen molar-refractivity contribution in [2.45, 2.75) is 18.8 Å². The third-order valence-electron chi connectivity index (χ3n) is 2.19. The zero-order chi connectivity index (χ0) is 13.4. The summed E-state index contributed by atoms with van der Waals surface area (Å²) in [6.45, 7) is 0.0331. The first-order chi connectivity index (χ1) is 8.65. The van der Waals surface area contributed by atoms with Crippen LogP contribution < -0.4 is 0 Å². The van der Waals surface area contributed by atoms with Gasteiger partial charge >= 0.3 is 5.97 Å². The zero-order valence-electron chi connectivity index (χ0n) is 9.51. The van der Waals surface area contributed by atoms with Crippen LogP contribution in [0.15, 0.2) is 35.4 Å². The highest BCUT2D eigenvalue weighted by Crippen LogP contribution is 2.05. The number of rotatable bonds is 7. The molecule has 0 radical (unpaired) electrons. The van der Waals surface area contributed by atoms with E-state index in [0.717, 1.165) is 5.56 Å². The fraction of sp³-hybridized carbons (Fsp3) is 0.364. The molecule has 0 aliphatic carbocycles. The maximum absolute atomic E-state index is 10.7. The van der Waals surface area contributed by atoms with Crippen LogP contribution in [0.4, 0.5) is 0 Å². The molecule has 7 heteroatoms. The SMILES string of the molecule is [N-]=[N+]=N[C@@H](C(=O)O)[C@H](O)COCc1ccccc1. The molecule has 0 amide bonds.